The van der Waals surface area contributed by atoms with Crippen LogP contribution in [0.4, 0.5) is 17.1 Å². The van der Waals surface area contributed by atoms with Gasteiger partial charge in [0.2, 0.25) is 5.91 Å². The number of aliphatic hydroxyl groups excluding tert-OH is 1. The molecule has 0 bridgehead atoms. The number of anilines is 3. The van der Waals surface area contributed by atoms with Crippen LogP contribution in [0.5, 0.6) is 17.2 Å². The van der Waals surface area contributed by atoms with Gasteiger partial charge in [0.25, 0.3) is 11.8 Å². The molecule has 65 heavy (non-hydrogen) atoms. The first-order valence-corrected chi connectivity index (χ1v) is 26.0. The van der Waals surface area contributed by atoms with E-state index in [9.17, 15) is 14.7 Å². The van der Waals surface area contributed by atoms with Crippen LogP contribution in [0.15, 0.2) is 144 Å². The average Bonchev–Trinajstić information content (AvgIpc) is 3.69. The molecule has 10 rings (SSSR count). The standard InChI is InChI=1S/C53H50BrN3O7Si/c1-33-50(65(3,4)41-24-22-40(62-2)23-25-41)48(29-49(59)55-31-36-12-6-5-11-35(36)27-39(55)32-58)64-53(33)43-28-37(54)19-26-44(43)56(52(53)61)30-34-17-20-38(21-18-34)57-45-14-8-10-16-47(45)63-46-15-9-7-13-42(46)51(57)60/h5-26,28,33,39,48,50,58H,27,29-32H2,1-4H3/t33-,39-,48+,50-,53+/m0/s1. The Morgan fingerprint density at radius 1 is 0.846 bits per heavy atom. The van der Waals surface area contributed by atoms with Crippen molar-refractivity contribution in [1.82, 2.24) is 4.90 Å². The summed E-state index contributed by atoms with van der Waals surface area (Å²) >= 11 is 3.73. The molecule has 1 N–H and O–H groups in total. The number of rotatable bonds is 9. The number of nitrogens with zero attached hydrogens (tertiary/aromatic N) is 3. The quantitative estimate of drug-likeness (QED) is 0.144. The highest BCUT2D eigenvalue weighted by Crippen LogP contribution is 2.60. The van der Waals surface area contributed by atoms with Gasteiger partial charge in [-0.2, -0.15) is 0 Å². The summed E-state index contributed by atoms with van der Waals surface area (Å²) in [5, 5.41) is 11.7. The van der Waals surface area contributed by atoms with Gasteiger partial charge in [0, 0.05) is 28.2 Å². The normalized spacial score (nSPS) is 22.2. The highest BCUT2D eigenvalue weighted by molar-refractivity contribution is 9.10. The lowest BCUT2D eigenvalue weighted by molar-refractivity contribution is -0.151. The van der Waals surface area contributed by atoms with Crippen molar-refractivity contribution >= 4 is 64.0 Å². The number of para-hydroxylation sites is 3. The fourth-order valence-electron chi connectivity index (χ4n) is 11.0. The number of hydrogen-bond acceptors (Lipinski definition) is 7. The molecule has 0 aromatic heterocycles. The van der Waals surface area contributed by atoms with Crippen LogP contribution >= 0.6 is 15.9 Å². The molecular formula is C53H50BrN3O7Si. The van der Waals surface area contributed by atoms with Gasteiger partial charge in [0.1, 0.15) is 11.5 Å². The van der Waals surface area contributed by atoms with Gasteiger partial charge in [-0.15, -0.1) is 0 Å². The van der Waals surface area contributed by atoms with E-state index in [1.165, 1.54) is 5.19 Å². The van der Waals surface area contributed by atoms with E-state index in [1.807, 2.05) is 114 Å². The van der Waals surface area contributed by atoms with Gasteiger partial charge in [-0.1, -0.05) is 114 Å². The molecule has 12 heteroatoms. The van der Waals surface area contributed by atoms with Crippen molar-refractivity contribution in [1.29, 1.82) is 0 Å². The van der Waals surface area contributed by atoms with Crippen molar-refractivity contribution in [3.8, 4) is 17.2 Å². The molecule has 0 saturated carbocycles. The molecule has 4 aliphatic rings. The van der Waals surface area contributed by atoms with Crippen molar-refractivity contribution in [2.24, 2.45) is 5.92 Å². The molecule has 0 aliphatic carbocycles. The first kappa shape index (κ1) is 42.9. The van der Waals surface area contributed by atoms with Crippen molar-refractivity contribution in [3.63, 3.8) is 0 Å². The van der Waals surface area contributed by atoms with Crippen LogP contribution in [0.25, 0.3) is 0 Å². The Labute approximate surface area is 388 Å². The summed E-state index contributed by atoms with van der Waals surface area (Å²) in [7, 11) is -0.912. The monoisotopic (exact) mass is 947 g/mol. The predicted molar refractivity (Wildman–Crippen MR) is 257 cm³/mol. The summed E-state index contributed by atoms with van der Waals surface area (Å²) < 4.78 is 20.0. The Morgan fingerprint density at radius 3 is 2.28 bits per heavy atom. The maximum Gasteiger partial charge on any atom is 0.266 e. The second-order valence-corrected chi connectivity index (χ2v) is 23.7. The zero-order chi connectivity index (χ0) is 45.2. The lowest BCUT2D eigenvalue weighted by atomic mass is 9.82. The summed E-state index contributed by atoms with van der Waals surface area (Å²) in [6, 6.07) is 44.3. The average molecular weight is 949 g/mol. The minimum Gasteiger partial charge on any atom is -0.497 e. The largest absolute Gasteiger partial charge is 0.497 e. The minimum absolute atomic E-state index is 0.0634. The summed E-state index contributed by atoms with van der Waals surface area (Å²) in [6.07, 6.45) is 0.0315. The molecule has 1 saturated heterocycles. The van der Waals surface area contributed by atoms with Gasteiger partial charge in [-0.3, -0.25) is 19.3 Å². The maximum atomic E-state index is 15.6. The van der Waals surface area contributed by atoms with Gasteiger partial charge >= 0.3 is 0 Å². The smallest absolute Gasteiger partial charge is 0.266 e. The first-order chi connectivity index (χ1) is 31.4. The number of amides is 3. The summed E-state index contributed by atoms with van der Waals surface area (Å²) in [5.41, 5.74) is 4.80. The second-order valence-electron chi connectivity index (χ2n) is 18.1. The fourth-order valence-corrected chi connectivity index (χ4v) is 15.3. The predicted octanol–water partition coefficient (Wildman–Crippen LogP) is 9.64. The number of methoxy groups -OCH3 is 1. The van der Waals surface area contributed by atoms with Crippen LogP contribution in [0.3, 0.4) is 0 Å². The van der Waals surface area contributed by atoms with E-state index in [4.69, 9.17) is 14.2 Å². The molecule has 4 heterocycles. The van der Waals surface area contributed by atoms with Gasteiger partial charge in [-0.25, -0.2) is 0 Å². The Balaban J connectivity index is 0.999. The number of benzene rings is 6. The van der Waals surface area contributed by atoms with E-state index in [1.54, 1.807) is 29.0 Å². The third-order valence-corrected chi connectivity index (χ3v) is 19.1. The molecule has 330 valence electrons. The second kappa shape index (κ2) is 16.7. The van der Waals surface area contributed by atoms with E-state index in [0.29, 0.717) is 41.4 Å². The van der Waals surface area contributed by atoms with E-state index >= 15 is 4.79 Å². The van der Waals surface area contributed by atoms with Crippen molar-refractivity contribution in [2.75, 3.05) is 23.5 Å². The molecule has 6 aromatic rings. The first-order valence-electron chi connectivity index (χ1n) is 22.1. The van der Waals surface area contributed by atoms with Crippen molar-refractivity contribution in [3.05, 3.63) is 172 Å². The molecule has 6 aromatic carbocycles. The maximum absolute atomic E-state index is 15.6. The molecule has 10 nitrogen and oxygen atoms in total. The number of carbonyl (C=O) groups excluding carboxylic acids is 3. The number of halogens is 1. The molecule has 1 spiro atoms. The van der Waals surface area contributed by atoms with Crippen LogP contribution in [-0.2, 0) is 39.4 Å². The molecule has 5 atom stereocenters. The van der Waals surface area contributed by atoms with Crippen LogP contribution < -0.4 is 24.5 Å². The SMILES string of the molecule is COc1ccc([Si](C)(C)[C@@H]2[C@@H](CC(=O)N3Cc4ccccc4C[C@H]3CO)O[C@]3(C(=O)N(Cc4ccc(N5C(=O)c6ccccc6Oc6ccccc65)cc4)c4ccc(Br)cc43)[C@H]2C)cc1. The van der Waals surface area contributed by atoms with Crippen LogP contribution in [0, 0.1) is 5.92 Å². The highest BCUT2D eigenvalue weighted by Gasteiger charge is 2.66. The van der Waals surface area contributed by atoms with Gasteiger partial charge in [-0.05, 0) is 95.4 Å². The zero-order valence-electron chi connectivity index (χ0n) is 36.7. The van der Waals surface area contributed by atoms with Crippen molar-refractivity contribution in [2.45, 2.75) is 69.2 Å². The number of hydrogen-bond donors (Lipinski definition) is 1. The van der Waals surface area contributed by atoms with Crippen LogP contribution in [-0.4, -0.2) is 61.7 Å². The van der Waals surface area contributed by atoms with E-state index in [2.05, 4.69) is 54.1 Å². The Morgan fingerprint density at radius 2 is 1.54 bits per heavy atom. The topological polar surface area (TPSA) is 109 Å². The number of aliphatic hydroxyl groups is 1. The van der Waals surface area contributed by atoms with E-state index in [-0.39, 0.29) is 54.8 Å². The summed E-state index contributed by atoms with van der Waals surface area (Å²) in [5.74, 6) is 1.02. The summed E-state index contributed by atoms with van der Waals surface area (Å²) in [4.78, 5) is 49.8. The minimum atomic E-state index is -2.57. The van der Waals surface area contributed by atoms with Gasteiger partial charge in [0.15, 0.2) is 11.4 Å². The van der Waals surface area contributed by atoms with Gasteiger partial charge in [0.05, 0.1) is 63.8 Å². The lowest BCUT2D eigenvalue weighted by Crippen LogP contribution is -2.52. The highest BCUT2D eigenvalue weighted by atomic mass is 79.9. The Bertz CT molecular complexity index is 2840. The molecule has 0 radical (unpaired) electrons. The fraction of sp³-hybridized carbons (Fsp3) is 0.264. The molecule has 4 aliphatic heterocycles. The van der Waals surface area contributed by atoms with Gasteiger partial charge < -0.3 is 29.1 Å². The number of ether oxygens (including phenoxy) is 3. The Kier molecular flexibility index (Phi) is 11.0. The van der Waals surface area contributed by atoms with Crippen LogP contribution in [0.1, 0.15) is 46.0 Å². The summed E-state index contributed by atoms with van der Waals surface area (Å²) in [6.45, 7) is 7.24. The third-order valence-electron chi connectivity index (χ3n) is 14.2. The molecular weight excluding hydrogens is 899 g/mol. The van der Waals surface area contributed by atoms with Crippen molar-refractivity contribution < 1.29 is 33.7 Å². The Hall–Kier alpha value is -6.05. The molecule has 1 fully saturated rings. The third kappa shape index (κ3) is 7.18. The molecule has 3 amide bonds. The lowest BCUT2D eigenvalue weighted by Gasteiger charge is -2.39. The molecule has 0 unspecified atom stereocenters. The zero-order valence-corrected chi connectivity index (χ0v) is 39.3. The van der Waals surface area contributed by atoms with E-state index in [0.717, 1.165) is 38.2 Å². The van der Waals surface area contributed by atoms with Crippen LogP contribution in [0.2, 0.25) is 18.6 Å². The number of carbonyl (C=O) groups is 3. The number of fused-ring (bicyclic) bond motifs is 5. The van der Waals surface area contributed by atoms with E-state index < -0.39 is 19.8 Å².